The van der Waals surface area contributed by atoms with Crippen LogP contribution in [-0.2, 0) is 0 Å². The molecule has 0 spiro atoms. The predicted molar refractivity (Wildman–Crippen MR) is 49.5 cm³/mol. The average molecular weight is 180 g/mol. The van der Waals surface area contributed by atoms with Gasteiger partial charge in [-0.15, -0.1) is 0 Å². The molecule has 70 valence electrons. The van der Waals surface area contributed by atoms with Crippen molar-refractivity contribution in [3.05, 3.63) is 0 Å². The van der Waals surface area contributed by atoms with Crippen LogP contribution in [-0.4, -0.2) is 0 Å². The monoisotopic (exact) mass is 179 g/mol. The van der Waals surface area contributed by atoms with Crippen LogP contribution in [0.1, 0.15) is 58.8 Å². The van der Waals surface area contributed by atoms with E-state index in [4.69, 9.17) is 4.66 Å². The molecule has 0 radical (unpaired) electrons. The molecule has 0 saturated heterocycles. The van der Waals surface area contributed by atoms with Gasteiger partial charge in [-0.1, -0.05) is 58.8 Å². The van der Waals surface area contributed by atoms with Crippen LogP contribution in [0.5, 0.6) is 0 Å². The lowest BCUT2D eigenvalue weighted by Gasteiger charge is -1.96. The third kappa shape index (κ3) is 17.9. The smallest absolute Gasteiger partial charge is 0.0533 e. The Balaban J connectivity index is 0. The Kier molecular flexibility index (Phi) is 21.0. The van der Waals surface area contributed by atoms with Gasteiger partial charge in [0.2, 0.25) is 0 Å². The highest BCUT2D eigenvalue weighted by atomic mass is 35.5. The number of unbranched alkanes of at least 4 members (excludes halogenated alkanes) is 6. The summed E-state index contributed by atoms with van der Waals surface area (Å²) in [6.07, 6.45) is 9.97. The molecule has 0 bridgehead atoms. The molecule has 2 heteroatoms. The van der Waals surface area contributed by atoms with Crippen LogP contribution in [0, 0.1) is 0 Å². The third-order valence-electron chi connectivity index (χ3n) is 1.71. The fourth-order valence-electron chi connectivity index (χ4n) is 1.03. The summed E-state index contributed by atoms with van der Waals surface area (Å²) in [7, 11) is 0. The van der Waals surface area contributed by atoms with E-state index in [2.05, 4.69) is 25.7 Å². The van der Waals surface area contributed by atoms with Gasteiger partial charge in [0.05, 0.1) is 0 Å². The van der Waals surface area contributed by atoms with Gasteiger partial charge in [-0.25, -0.2) is 11.9 Å². The van der Waals surface area contributed by atoms with Crippen molar-refractivity contribution < 1.29 is 4.66 Å². The highest BCUT2D eigenvalue weighted by molar-refractivity contribution is 6.02. The summed E-state index contributed by atoms with van der Waals surface area (Å²) in [4.78, 5) is 0. The molecule has 11 heavy (non-hydrogen) atoms. The van der Waals surface area contributed by atoms with Crippen molar-refractivity contribution >= 4 is 11.9 Å². The van der Waals surface area contributed by atoms with E-state index in [0.29, 0.717) is 0 Å². The SMILES string of the molecule is CCCCCCCCC.[O-]Cl. The number of hydrogen-bond donors (Lipinski definition) is 0. The van der Waals surface area contributed by atoms with Crippen LogP contribution in [0.25, 0.3) is 0 Å². The molecule has 0 fully saturated rings. The van der Waals surface area contributed by atoms with Crippen molar-refractivity contribution in [2.24, 2.45) is 0 Å². The minimum absolute atomic E-state index is 1.37. The van der Waals surface area contributed by atoms with Gasteiger partial charge in [0, 0.05) is 0 Å². The number of hydrogen-bond acceptors (Lipinski definition) is 1. The highest BCUT2D eigenvalue weighted by Gasteiger charge is 1.85. The lowest BCUT2D eigenvalue weighted by Crippen LogP contribution is -1.76. The minimum atomic E-state index is 1.37. The second-order valence-electron chi connectivity index (χ2n) is 2.77. The zero-order chi connectivity index (χ0) is 8.95. The fraction of sp³-hybridized carbons (Fsp3) is 1.00. The molecule has 0 saturated carbocycles. The molecule has 1 nitrogen and oxygen atoms in total. The predicted octanol–water partition coefficient (Wildman–Crippen LogP) is 3.26. The molecule has 0 N–H and O–H groups in total. The van der Waals surface area contributed by atoms with E-state index >= 15 is 0 Å². The summed E-state index contributed by atoms with van der Waals surface area (Å²) in [5, 5.41) is 0. The van der Waals surface area contributed by atoms with Gasteiger partial charge in [0.1, 0.15) is 0 Å². The molecule has 0 aromatic carbocycles. The first-order valence-electron chi connectivity index (χ1n) is 4.57. The van der Waals surface area contributed by atoms with Crippen molar-refractivity contribution in [1.82, 2.24) is 0 Å². The molecular weight excluding hydrogens is 160 g/mol. The Morgan fingerprint density at radius 2 is 1.00 bits per heavy atom. The quantitative estimate of drug-likeness (QED) is 0.574. The van der Waals surface area contributed by atoms with Gasteiger partial charge in [0.25, 0.3) is 0 Å². The number of halogens is 1. The van der Waals surface area contributed by atoms with Crippen molar-refractivity contribution in [3.63, 3.8) is 0 Å². The molecular formula is C9H20ClO-. The lowest BCUT2D eigenvalue weighted by molar-refractivity contribution is -0.166. The number of rotatable bonds is 6. The first-order chi connectivity index (χ1) is 5.41. The maximum Gasteiger partial charge on any atom is -0.0533 e. The molecule has 0 heterocycles. The van der Waals surface area contributed by atoms with Gasteiger partial charge < -0.3 is 4.66 Å². The van der Waals surface area contributed by atoms with Gasteiger partial charge in [0.15, 0.2) is 0 Å². The summed E-state index contributed by atoms with van der Waals surface area (Å²) < 4.78 is 7.72. The van der Waals surface area contributed by atoms with Crippen LogP contribution in [0.15, 0.2) is 0 Å². The second-order valence-corrected chi connectivity index (χ2v) is 2.77. The summed E-state index contributed by atoms with van der Waals surface area (Å²) in [6, 6.07) is 0. The van der Waals surface area contributed by atoms with E-state index in [1.165, 1.54) is 44.9 Å². The van der Waals surface area contributed by atoms with Crippen molar-refractivity contribution in [3.8, 4) is 0 Å². The lowest BCUT2D eigenvalue weighted by atomic mass is 10.1. The van der Waals surface area contributed by atoms with E-state index in [9.17, 15) is 0 Å². The largest absolute Gasteiger partial charge is 0.769 e. The summed E-state index contributed by atoms with van der Waals surface area (Å²) >= 11 is 3.39. The molecule has 0 aliphatic heterocycles. The van der Waals surface area contributed by atoms with Crippen molar-refractivity contribution in [1.29, 1.82) is 0 Å². The molecule has 0 aliphatic carbocycles. The molecule has 0 amide bonds. The molecule has 0 aliphatic rings. The maximum absolute atomic E-state index is 7.72. The first-order valence-corrected chi connectivity index (χ1v) is 4.88. The Morgan fingerprint density at radius 1 is 0.727 bits per heavy atom. The van der Waals surface area contributed by atoms with Crippen LogP contribution in [0.4, 0.5) is 0 Å². The molecule has 0 atom stereocenters. The summed E-state index contributed by atoms with van der Waals surface area (Å²) in [6.45, 7) is 4.53. The topological polar surface area (TPSA) is 23.1 Å². The van der Waals surface area contributed by atoms with Crippen LogP contribution in [0.2, 0.25) is 0 Å². The Labute approximate surface area is 75.9 Å². The van der Waals surface area contributed by atoms with Crippen LogP contribution in [0.3, 0.4) is 0 Å². The Bertz CT molecular complexity index is 42.8. The van der Waals surface area contributed by atoms with E-state index in [0.717, 1.165) is 0 Å². The second kappa shape index (κ2) is 16.7. The minimum Gasteiger partial charge on any atom is -0.769 e. The van der Waals surface area contributed by atoms with E-state index < -0.39 is 0 Å². The third-order valence-corrected chi connectivity index (χ3v) is 1.71. The zero-order valence-electron chi connectivity index (χ0n) is 7.74. The van der Waals surface area contributed by atoms with E-state index in [-0.39, 0.29) is 0 Å². The fourth-order valence-corrected chi connectivity index (χ4v) is 1.03. The first kappa shape index (κ1) is 13.8. The van der Waals surface area contributed by atoms with Crippen molar-refractivity contribution in [2.75, 3.05) is 0 Å². The van der Waals surface area contributed by atoms with Gasteiger partial charge >= 0.3 is 0 Å². The van der Waals surface area contributed by atoms with E-state index in [1.807, 2.05) is 0 Å². The molecule has 0 aromatic rings. The maximum atomic E-state index is 7.72. The van der Waals surface area contributed by atoms with Crippen LogP contribution < -0.4 is 4.66 Å². The zero-order valence-corrected chi connectivity index (χ0v) is 8.49. The van der Waals surface area contributed by atoms with Gasteiger partial charge in [-0.2, -0.15) is 0 Å². The summed E-state index contributed by atoms with van der Waals surface area (Å²) in [5.74, 6) is 0. The molecule has 0 unspecified atom stereocenters. The average Bonchev–Trinajstić information content (AvgIpc) is 2.08. The van der Waals surface area contributed by atoms with Crippen LogP contribution >= 0.6 is 11.9 Å². The highest BCUT2D eigenvalue weighted by Crippen LogP contribution is 2.05. The van der Waals surface area contributed by atoms with Crippen molar-refractivity contribution in [2.45, 2.75) is 58.8 Å². The molecule has 0 aromatic heterocycles. The van der Waals surface area contributed by atoms with Gasteiger partial charge in [-0.05, 0) is 0 Å². The van der Waals surface area contributed by atoms with Gasteiger partial charge in [-0.3, -0.25) is 0 Å². The summed E-state index contributed by atoms with van der Waals surface area (Å²) in [5.41, 5.74) is 0. The Morgan fingerprint density at radius 3 is 1.27 bits per heavy atom. The standard InChI is InChI=1S/C9H20.ClO/c1-3-5-7-9-8-6-4-2;1-2/h3-9H2,1-2H3;/q;-1. The Hall–Kier alpha value is 0.250. The molecule has 0 rings (SSSR count). The van der Waals surface area contributed by atoms with E-state index in [1.54, 1.807) is 0 Å². The normalized spacial score (nSPS) is 8.73.